The summed E-state index contributed by atoms with van der Waals surface area (Å²) in [5, 5.41) is 7.73. The number of aromatic nitrogens is 1. The minimum Gasteiger partial charge on any atom is -0.313 e. The average molecular weight is 287 g/mol. The summed E-state index contributed by atoms with van der Waals surface area (Å²) in [7, 11) is 1.91. The van der Waals surface area contributed by atoms with Crippen molar-refractivity contribution in [2.24, 2.45) is 0 Å². The second kappa shape index (κ2) is 5.83. The summed E-state index contributed by atoms with van der Waals surface area (Å²) in [5.41, 5.74) is 1.01. The molecule has 2 aromatic rings. The predicted octanol–water partition coefficient (Wildman–Crippen LogP) is 3.95. The van der Waals surface area contributed by atoms with Crippen LogP contribution >= 0.6 is 34.5 Å². The maximum Gasteiger partial charge on any atom is 0.0943 e. The molecule has 0 aliphatic carbocycles. The molecular weight excluding hydrogens is 275 g/mol. The van der Waals surface area contributed by atoms with Crippen molar-refractivity contribution in [3.8, 4) is 0 Å². The third kappa shape index (κ3) is 3.19. The van der Waals surface area contributed by atoms with Crippen LogP contribution < -0.4 is 5.32 Å². The monoisotopic (exact) mass is 286 g/mol. The molecule has 2 rings (SSSR count). The molecule has 0 aliphatic heterocycles. The molecule has 0 saturated carbocycles. The van der Waals surface area contributed by atoms with Gasteiger partial charge in [-0.25, -0.2) is 4.98 Å². The van der Waals surface area contributed by atoms with E-state index in [9.17, 15) is 0 Å². The Balaban J connectivity index is 2.25. The van der Waals surface area contributed by atoms with Crippen LogP contribution in [0.4, 0.5) is 0 Å². The maximum atomic E-state index is 6.19. The number of nitrogens with one attached hydrogen (secondary N) is 1. The molecule has 1 atom stereocenters. The quantitative estimate of drug-likeness (QED) is 0.921. The molecule has 0 amide bonds. The Labute approximate surface area is 115 Å². The van der Waals surface area contributed by atoms with Gasteiger partial charge in [-0.3, -0.25) is 0 Å². The topological polar surface area (TPSA) is 24.9 Å². The molecule has 0 aliphatic rings. The molecule has 1 aromatic carbocycles. The van der Waals surface area contributed by atoms with Crippen molar-refractivity contribution in [2.75, 3.05) is 7.05 Å². The van der Waals surface area contributed by atoms with Gasteiger partial charge in [0.1, 0.15) is 0 Å². The highest BCUT2D eigenvalue weighted by Crippen LogP contribution is 2.28. The lowest BCUT2D eigenvalue weighted by molar-refractivity contribution is 0.590. The largest absolute Gasteiger partial charge is 0.313 e. The summed E-state index contributed by atoms with van der Waals surface area (Å²) >= 11 is 13.8. The summed E-state index contributed by atoms with van der Waals surface area (Å²) < 4.78 is 0. The fourth-order valence-electron chi connectivity index (χ4n) is 1.68. The molecule has 1 N–H and O–H groups in total. The summed E-state index contributed by atoms with van der Waals surface area (Å²) in [6, 6.07) is 5.65. The van der Waals surface area contributed by atoms with Gasteiger partial charge in [0.05, 0.1) is 5.01 Å². The summed E-state index contributed by atoms with van der Waals surface area (Å²) in [6.07, 6.45) is 2.63. The van der Waals surface area contributed by atoms with Gasteiger partial charge < -0.3 is 5.32 Å². The van der Waals surface area contributed by atoms with Crippen molar-refractivity contribution in [3.63, 3.8) is 0 Å². The summed E-state index contributed by atoms with van der Waals surface area (Å²) in [6.45, 7) is 0. The van der Waals surface area contributed by atoms with Gasteiger partial charge >= 0.3 is 0 Å². The highest BCUT2D eigenvalue weighted by atomic mass is 35.5. The SMILES string of the molecule is CNC(Cc1nccs1)c1cc(Cl)ccc1Cl. The van der Waals surface area contributed by atoms with E-state index in [0.29, 0.717) is 5.02 Å². The first-order chi connectivity index (χ1) is 8.20. The molecular formula is C12H12Cl2N2S. The van der Waals surface area contributed by atoms with Gasteiger partial charge in [0.25, 0.3) is 0 Å². The van der Waals surface area contributed by atoms with Gasteiger partial charge in [-0.2, -0.15) is 0 Å². The van der Waals surface area contributed by atoms with E-state index in [0.717, 1.165) is 22.0 Å². The second-order valence-electron chi connectivity index (χ2n) is 3.64. The third-order valence-corrected chi connectivity index (χ3v) is 3.93. The lowest BCUT2D eigenvalue weighted by Crippen LogP contribution is -2.19. The second-order valence-corrected chi connectivity index (χ2v) is 5.46. The minimum atomic E-state index is 0.132. The van der Waals surface area contributed by atoms with Crippen LogP contribution in [-0.4, -0.2) is 12.0 Å². The first kappa shape index (κ1) is 12.8. The van der Waals surface area contributed by atoms with E-state index in [1.165, 1.54) is 0 Å². The van der Waals surface area contributed by atoms with Crippen molar-refractivity contribution in [3.05, 3.63) is 50.4 Å². The number of halogens is 2. The molecule has 0 saturated heterocycles. The molecule has 90 valence electrons. The maximum absolute atomic E-state index is 6.19. The Morgan fingerprint density at radius 1 is 1.41 bits per heavy atom. The van der Waals surface area contributed by atoms with Gasteiger partial charge in [0, 0.05) is 34.1 Å². The van der Waals surface area contributed by atoms with Gasteiger partial charge in [-0.05, 0) is 30.8 Å². The van der Waals surface area contributed by atoms with E-state index in [1.807, 2.05) is 30.8 Å². The number of hydrogen-bond acceptors (Lipinski definition) is 3. The molecule has 0 spiro atoms. The van der Waals surface area contributed by atoms with Crippen molar-refractivity contribution in [1.29, 1.82) is 0 Å². The first-order valence-electron chi connectivity index (χ1n) is 5.21. The Morgan fingerprint density at radius 2 is 2.24 bits per heavy atom. The van der Waals surface area contributed by atoms with Crippen LogP contribution in [0.2, 0.25) is 10.0 Å². The molecule has 2 nitrogen and oxygen atoms in total. The number of rotatable bonds is 4. The van der Waals surface area contributed by atoms with Crippen molar-refractivity contribution < 1.29 is 0 Å². The number of thiazole rings is 1. The number of nitrogens with zero attached hydrogens (tertiary/aromatic N) is 1. The van der Waals surface area contributed by atoms with Crippen LogP contribution in [0.5, 0.6) is 0 Å². The van der Waals surface area contributed by atoms with Crippen LogP contribution in [0, 0.1) is 0 Å². The van der Waals surface area contributed by atoms with Gasteiger partial charge in [-0.1, -0.05) is 23.2 Å². The summed E-state index contributed by atoms with van der Waals surface area (Å²) in [5.74, 6) is 0. The first-order valence-corrected chi connectivity index (χ1v) is 6.85. The zero-order chi connectivity index (χ0) is 12.3. The normalized spacial score (nSPS) is 12.6. The molecule has 17 heavy (non-hydrogen) atoms. The van der Waals surface area contributed by atoms with E-state index in [2.05, 4.69) is 10.3 Å². The average Bonchev–Trinajstić information content (AvgIpc) is 2.82. The van der Waals surface area contributed by atoms with Crippen LogP contribution in [0.3, 0.4) is 0 Å². The minimum absolute atomic E-state index is 0.132. The molecule has 1 unspecified atom stereocenters. The van der Waals surface area contributed by atoms with Gasteiger partial charge in [-0.15, -0.1) is 11.3 Å². The lowest BCUT2D eigenvalue weighted by Gasteiger charge is -2.17. The van der Waals surface area contributed by atoms with Crippen LogP contribution in [0.15, 0.2) is 29.8 Å². The summed E-state index contributed by atoms with van der Waals surface area (Å²) in [4.78, 5) is 4.28. The van der Waals surface area contributed by atoms with Crippen molar-refractivity contribution in [2.45, 2.75) is 12.5 Å². The van der Waals surface area contributed by atoms with Gasteiger partial charge in [0.2, 0.25) is 0 Å². The Morgan fingerprint density at radius 3 is 2.88 bits per heavy atom. The smallest absolute Gasteiger partial charge is 0.0943 e. The number of hydrogen-bond donors (Lipinski definition) is 1. The van der Waals surface area contributed by atoms with E-state index in [-0.39, 0.29) is 6.04 Å². The van der Waals surface area contributed by atoms with Gasteiger partial charge in [0.15, 0.2) is 0 Å². The molecule has 1 aromatic heterocycles. The fourth-order valence-corrected chi connectivity index (χ4v) is 2.77. The van der Waals surface area contributed by atoms with E-state index < -0.39 is 0 Å². The van der Waals surface area contributed by atoms with Crippen molar-refractivity contribution in [1.82, 2.24) is 10.3 Å². The van der Waals surface area contributed by atoms with E-state index in [4.69, 9.17) is 23.2 Å². The Bertz CT molecular complexity index is 485. The lowest BCUT2D eigenvalue weighted by atomic mass is 10.0. The highest BCUT2D eigenvalue weighted by molar-refractivity contribution is 7.09. The molecule has 1 heterocycles. The Kier molecular flexibility index (Phi) is 4.40. The predicted molar refractivity (Wildman–Crippen MR) is 74.1 cm³/mol. The third-order valence-electron chi connectivity index (χ3n) is 2.54. The van der Waals surface area contributed by atoms with E-state index in [1.54, 1.807) is 17.4 Å². The van der Waals surface area contributed by atoms with E-state index >= 15 is 0 Å². The molecule has 0 bridgehead atoms. The van der Waals surface area contributed by atoms with Crippen molar-refractivity contribution >= 4 is 34.5 Å². The number of benzene rings is 1. The van der Waals surface area contributed by atoms with Crippen LogP contribution in [0.25, 0.3) is 0 Å². The fraction of sp³-hybridized carbons (Fsp3) is 0.250. The highest BCUT2D eigenvalue weighted by Gasteiger charge is 2.15. The molecule has 5 heteroatoms. The molecule has 0 fully saturated rings. The van der Waals surface area contributed by atoms with Crippen LogP contribution in [0.1, 0.15) is 16.6 Å². The zero-order valence-corrected chi connectivity index (χ0v) is 11.6. The zero-order valence-electron chi connectivity index (χ0n) is 9.28. The Hall–Kier alpha value is -0.610. The number of likely N-dealkylation sites (N-methyl/N-ethyl adjacent to an activating group) is 1. The van der Waals surface area contributed by atoms with Crippen LogP contribution in [-0.2, 0) is 6.42 Å². The molecule has 0 radical (unpaired) electrons. The standard InChI is InChI=1S/C12H12Cl2N2S/c1-15-11(7-12-16-4-5-17-12)9-6-8(13)2-3-10(9)14/h2-6,11,15H,7H2,1H3.